The van der Waals surface area contributed by atoms with Crippen molar-refractivity contribution in [1.29, 1.82) is 0 Å². The van der Waals surface area contributed by atoms with Crippen molar-refractivity contribution < 1.29 is 5.11 Å². The Morgan fingerprint density at radius 3 is 2.50 bits per heavy atom. The first-order chi connectivity index (χ1) is 5.57. The number of hydrogen-bond donors (Lipinski definition) is 2. The molecule has 0 amide bonds. The Labute approximate surface area is 72.0 Å². The molecule has 1 aromatic heterocycles. The third-order valence-electron chi connectivity index (χ3n) is 2.12. The van der Waals surface area contributed by atoms with Gasteiger partial charge in [-0.3, -0.25) is 4.68 Å². The highest BCUT2D eigenvalue weighted by molar-refractivity contribution is 5.26. The van der Waals surface area contributed by atoms with E-state index < -0.39 is 6.10 Å². The smallest absolute Gasteiger partial charge is 0.0947 e. The average molecular weight is 169 g/mol. The molecule has 0 aliphatic heterocycles. The highest BCUT2D eigenvalue weighted by atomic mass is 16.3. The molecular weight excluding hydrogens is 154 g/mol. The molecule has 0 bridgehead atoms. The van der Waals surface area contributed by atoms with Crippen LogP contribution in [0, 0.1) is 13.8 Å². The highest BCUT2D eigenvalue weighted by Crippen LogP contribution is 2.19. The van der Waals surface area contributed by atoms with Crippen LogP contribution >= 0.6 is 0 Å². The summed E-state index contributed by atoms with van der Waals surface area (Å²) in [7, 11) is 1.86. The van der Waals surface area contributed by atoms with E-state index in [0.717, 1.165) is 17.0 Å². The fourth-order valence-corrected chi connectivity index (χ4v) is 1.39. The number of aromatic nitrogens is 2. The Bertz CT molecular complexity index is 280. The van der Waals surface area contributed by atoms with Crippen LogP contribution < -0.4 is 5.73 Å². The van der Waals surface area contributed by atoms with Gasteiger partial charge >= 0.3 is 0 Å². The molecule has 0 saturated carbocycles. The van der Waals surface area contributed by atoms with Crippen LogP contribution in [0.15, 0.2) is 0 Å². The van der Waals surface area contributed by atoms with Crippen molar-refractivity contribution in [3.05, 3.63) is 17.0 Å². The molecular formula is C8H15N3O. The number of aryl methyl sites for hydroxylation is 2. The predicted molar refractivity (Wildman–Crippen MR) is 46.7 cm³/mol. The first kappa shape index (κ1) is 9.22. The van der Waals surface area contributed by atoms with Crippen LogP contribution in [-0.4, -0.2) is 21.4 Å². The molecule has 3 N–H and O–H groups in total. The minimum absolute atomic E-state index is 0.243. The third kappa shape index (κ3) is 1.35. The lowest BCUT2D eigenvalue weighted by Crippen LogP contribution is -2.13. The van der Waals surface area contributed by atoms with Gasteiger partial charge < -0.3 is 10.8 Å². The molecule has 0 spiro atoms. The molecule has 1 rings (SSSR count). The van der Waals surface area contributed by atoms with Gasteiger partial charge in [-0.05, 0) is 13.8 Å². The van der Waals surface area contributed by atoms with Crippen LogP contribution in [0.3, 0.4) is 0 Å². The second-order valence-electron chi connectivity index (χ2n) is 2.96. The summed E-state index contributed by atoms with van der Waals surface area (Å²) in [5.41, 5.74) is 8.06. The molecule has 0 aliphatic rings. The maximum Gasteiger partial charge on any atom is 0.0947 e. The topological polar surface area (TPSA) is 64.1 Å². The Balaban J connectivity index is 3.13. The van der Waals surface area contributed by atoms with Crippen LogP contribution in [0.5, 0.6) is 0 Å². The van der Waals surface area contributed by atoms with E-state index in [2.05, 4.69) is 5.10 Å². The summed E-state index contributed by atoms with van der Waals surface area (Å²) in [6.07, 6.45) is -0.585. The second kappa shape index (κ2) is 3.25. The maximum absolute atomic E-state index is 9.53. The predicted octanol–water partition coefficient (Wildman–Crippen LogP) is 0.0290. The van der Waals surface area contributed by atoms with Crippen molar-refractivity contribution in [3.63, 3.8) is 0 Å². The molecule has 0 radical (unpaired) electrons. The fraction of sp³-hybridized carbons (Fsp3) is 0.625. The van der Waals surface area contributed by atoms with Crippen LogP contribution in [0.4, 0.5) is 0 Å². The summed E-state index contributed by atoms with van der Waals surface area (Å²) in [5, 5.41) is 13.7. The van der Waals surface area contributed by atoms with Gasteiger partial charge in [0.15, 0.2) is 0 Å². The summed E-state index contributed by atoms with van der Waals surface area (Å²) >= 11 is 0. The summed E-state index contributed by atoms with van der Waals surface area (Å²) in [5.74, 6) is 0. The van der Waals surface area contributed by atoms with E-state index >= 15 is 0 Å². The largest absolute Gasteiger partial charge is 0.387 e. The van der Waals surface area contributed by atoms with Gasteiger partial charge in [-0.2, -0.15) is 5.10 Å². The first-order valence-corrected chi connectivity index (χ1v) is 3.96. The number of aliphatic hydroxyl groups excluding tert-OH is 1. The quantitative estimate of drug-likeness (QED) is 0.656. The zero-order chi connectivity index (χ0) is 9.30. The first-order valence-electron chi connectivity index (χ1n) is 3.96. The Hall–Kier alpha value is -0.870. The Kier molecular flexibility index (Phi) is 2.49. The standard InChI is InChI=1S/C8H15N3O/c1-5-8(7(12)4-9)6(2)11(3)10-5/h7,12H,4,9H2,1-3H3/t7-/m1/s1. The van der Waals surface area contributed by atoms with Crippen molar-refractivity contribution in [1.82, 2.24) is 9.78 Å². The summed E-state index contributed by atoms with van der Waals surface area (Å²) in [4.78, 5) is 0. The van der Waals surface area contributed by atoms with Crippen LogP contribution in [-0.2, 0) is 7.05 Å². The summed E-state index contributed by atoms with van der Waals surface area (Å²) in [6, 6.07) is 0. The maximum atomic E-state index is 9.53. The summed E-state index contributed by atoms with van der Waals surface area (Å²) < 4.78 is 1.75. The van der Waals surface area contributed by atoms with Gasteiger partial charge in [0, 0.05) is 24.8 Å². The number of aliphatic hydroxyl groups is 1. The number of nitrogens with zero attached hydrogens (tertiary/aromatic N) is 2. The lowest BCUT2D eigenvalue weighted by atomic mass is 10.1. The van der Waals surface area contributed by atoms with Gasteiger partial charge in [-0.25, -0.2) is 0 Å². The van der Waals surface area contributed by atoms with Gasteiger partial charge in [0.05, 0.1) is 11.8 Å². The molecule has 4 heteroatoms. The molecule has 1 heterocycles. The van der Waals surface area contributed by atoms with Crippen LogP contribution in [0.25, 0.3) is 0 Å². The SMILES string of the molecule is Cc1nn(C)c(C)c1[C@H](O)CN. The Morgan fingerprint density at radius 2 is 2.17 bits per heavy atom. The van der Waals surface area contributed by atoms with E-state index in [1.165, 1.54) is 0 Å². The van der Waals surface area contributed by atoms with E-state index in [-0.39, 0.29) is 6.54 Å². The van der Waals surface area contributed by atoms with Crippen molar-refractivity contribution >= 4 is 0 Å². The highest BCUT2D eigenvalue weighted by Gasteiger charge is 2.15. The molecule has 0 fully saturated rings. The van der Waals surface area contributed by atoms with E-state index in [4.69, 9.17) is 5.73 Å². The lowest BCUT2D eigenvalue weighted by molar-refractivity contribution is 0.185. The van der Waals surface area contributed by atoms with Gasteiger partial charge in [-0.1, -0.05) is 0 Å². The van der Waals surface area contributed by atoms with E-state index in [9.17, 15) is 5.11 Å². The second-order valence-corrected chi connectivity index (χ2v) is 2.96. The van der Waals surface area contributed by atoms with Gasteiger partial charge in [0.25, 0.3) is 0 Å². The number of rotatable bonds is 2. The molecule has 0 saturated heterocycles. The van der Waals surface area contributed by atoms with E-state index in [1.54, 1.807) is 4.68 Å². The molecule has 4 nitrogen and oxygen atoms in total. The van der Waals surface area contributed by atoms with Crippen LogP contribution in [0.2, 0.25) is 0 Å². The zero-order valence-electron chi connectivity index (χ0n) is 7.70. The van der Waals surface area contributed by atoms with E-state index in [0.29, 0.717) is 0 Å². The molecule has 0 aromatic carbocycles. The molecule has 68 valence electrons. The number of nitrogens with two attached hydrogens (primary N) is 1. The van der Waals surface area contributed by atoms with Crippen molar-refractivity contribution in [2.75, 3.05) is 6.54 Å². The number of hydrogen-bond acceptors (Lipinski definition) is 3. The van der Waals surface area contributed by atoms with Crippen LogP contribution in [0.1, 0.15) is 23.1 Å². The monoisotopic (exact) mass is 169 g/mol. The van der Waals surface area contributed by atoms with Gasteiger partial charge in [-0.15, -0.1) is 0 Å². The lowest BCUT2D eigenvalue weighted by Gasteiger charge is -2.07. The minimum atomic E-state index is -0.585. The molecule has 0 unspecified atom stereocenters. The molecule has 12 heavy (non-hydrogen) atoms. The van der Waals surface area contributed by atoms with Gasteiger partial charge in [0.2, 0.25) is 0 Å². The molecule has 1 aromatic rings. The zero-order valence-corrected chi connectivity index (χ0v) is 7.70. The van der Waals surface area contributed by atoms with Crippen molar-refractivity contribution in [2.45, 2.75) is 20.0 Å². The Morgan fingerprint density at radius 1 is 1.58 bits per heavy atom. The molecule has 0 aliphatic carbocycles. The summed E-state index contributed by atoms with van der Waals surface area (Å²) in [6.45, 7) is 4.04. The van der Waals surface area contributed by atoms with E-state index in [1.807, 2.05) is 20.9 Å². The molecule has 1 atom stereocenters. The van der Waals surface area contributed by atoms with Gasteiger partial charge in [0.1, 0.15) is 0 Å². The van der Waals surface area contributed by atoms with Crippen molar-refractivity contribution in [3.8, 4) is 0 Å². The minimum Gasteiger partial charge on any atom is -0.387 e. The third-order valence-corrected chi connectivity index (χ3v) is 2.12. The van der Waals surface area contributed by atoms with Crippen molar-refractivity contribution in [2.24, 2.45) is 12.8 Å². The average Bonchev–Trinajstić information content (AvgIpc) is 2.26. The normalized spacial score (nSPS) is 13.4. The fourth-order valence-electron chi connectivity index (χ4n) is 1.39.